The van der Waals surface area contributed by atoms with Gasteiger partial charge < -0.3 is 9.47 Å². The Kier molecular flexibility index (Phi) is 5.78. The molecule has 4 nitrogen and oxygen atoms in total. The zero-order valence-corrected chi connectivity index (χ0v) is 13.3. The molecule has 0 bridgehead atoms. The van der Waals surface area contributed by atoms with E-state index in [2.05, 4.69) is 0 Å². The van der Waals surface area contributed by atoms with E-state index in [1.54, 1.807) is 0 Å². The van der Waals surface area contributed by atoms with Crippen molar-refractivity contribution in [3.05, 3.63) is 12.2 Å². The van der Waals surface area contributed by atoms with Gasteiger partial charge in [0.25, 0.3) is 0 Å². The van der Waals surface area contributed by atoms with Crippen molar-refractivity contribution < 1.29 is 19.1 Å². The van der Waals surface area contributed by atoms with E-state index in [9.17, 15) is 9.59 Å². The van der Waals surface area contributed by atoms with Crippen LogP contribution in [-0.4, -0.2) is 24.1 Å². The fraction of sp³-hybridized carbons (Fsp3) is 0.750. The van der Waals surface area contributed by atoms with E-state index >= 15 is 0 Å². The molecule has 0 saturated heterocycles. The molecule has 0 spiro atoms. The second-order valence-corrected chi connectivity index (χ2v) is 6.13. The zero-order valence-electron chi connectivity index (χ0n) is 13.3. The summed E-state index contributed by atoms with van der Waals surface area (Å²) in [7, 11) is 0. The molecule has 0 saturated carbocycles. The second-order valence-electron chi connectivity index (χ2n) is 6.13. The summed E-state index contributed by atoms with van der Waals surface area (Å²) < 4.78 is 10.6. The Morgan fingerprint density at radius 2 is 1.10 bits per heavy atom. The Morgan fingerprint density at radius 3 is 1.35 bits per heavy atom. The molecule has 0 aromatic heterocycles. The van der Waals surface area contributed by atoms with E-state index in [-0.39, 0.29) is 36.0 Å². The largest absolute Gasteiger partial charge is 0.463 e. The third-order valence-corrected chi connectivity index (χ3v) is 3.49. The van der Waals surface area contributed by atoms with Gasteiger partial charge in [-0.05, 0) is 39.5 Å². The van der Waals surface area contributed by atoms with Gasteiger partial charge >= 0.3 is 11.9 Å². The number of allylic oxidation sites excluding steroid dienone is 2. The summed E-state index contributed by atoms with van der Waals surface area (Å²) in [6, 6.07) is 0. The lowest BCUT2D eigenvalue weighted by Crippen LogP contribution is -2.42. The van der Waals surface area contributed by atoms with Gasteiger partial charge in [-0.2, -0.15) is 0 Å². The Labute approximate surface area is 121 Å². The topological polar surface area (TPSA) is 52.6 Å². The van der Waals surface area contributed by atoms with Crippen molar-refractivity contribution in [1.82, 2.24) is 0 Å². The summed E-state index contributed by atoms with van der Waals surface area (Å²) in [6.07, 6.45) is 3.60. The molecule has 1 aliphatic rings. The molecule has 0 fully saturated rings. The van der Waals surface area contributed by atoms with Crippen LogP contribution in [0.1, 0.15) is 41.5 Å². The third kappa shape index (κ3) is 4.09. The number of hydrogen-bond acceptors (Lipinski definition) is 4. The van der Waals surface area contributed by atoms with E-state index in [0.29, 0.717) is 0 Å². The molecule has 4 heteroatoms. The van der Waals surface area contributed by atoms with E-state index in [1.807, 2.05) is 53.7 Å². The standard InChI is InChI=1S/C16H26O4/c1-9(2)19-15(17)13-11(5)7-8-12(6)14(13)16(18)20-10(3)4/h7-14H,1-6H3. The Balaban J connectivity index is 2.98. The van der Waals surface area contributed by atoms with Gasteiger partial charge in [0.15, 0.2) is 0 Å². The highest BCUT2D eigenvalue weighted by atomic mass is 16.6. The van der Waals surface area contributed by atoms with Crippen LogP contribution in [0.15, 0.2) is 12.2 Å². The van der Waals surface area contributed by atoms with Crippen molar-refractivity contribution in [3.63, 3.8) is 0 Å². The molecule has 1 aliphatic carbocycles. The normalized spacial score (nSPS) is 29.6. The molecule has 0 amide bonds. The fourth-order valence-corrected chi connectivity index (χ4v) is 2.59. The Morgan fingerprint density at radius 1 is 0.800 bits per heavy atom. The van der Waals surface area contributed by atoms with Gasteiger partial charge in [-0.15, -0.1) is 0 Å². The first-order chi connectivity index (χ1) is 9.23. The summed E-state index contributed by atoms with van der Waals surface area (Å²) in [4.78, 5) is 24.6. The molecular weight excluding hydrogens is 256 g/mol. The predicted octanol–water partition coefficient (Wildman–Crippen LogP) is 2.96. The highest BCUT2D eigenvalue weighted by molar-refractivity contribution is 5.83. The van der Waals surface area contributed by atoms with Crippen LogP contribution in [0.25, 0.3) is 0 Å². The molecular formula is C16H26O4. The predicted molar refractivity (Wildman–Crippen MR) is 76.9 cm³/mol. The van der Waals surface area contributed by atoms with Crippen molar-refractivity contribution in [2.75, 3.05) is 0 Å². The first-order valence-corrected chi connectivity index (χ1v) is 7.33. The van der Waals surface area contributed by atoms with Crippen LogP contribution < -0.4 is 0 Å². The maximum atomic E-state index is 12.3. The Hall–Kier alpha value is -1.32. The first-order valence-electron chi connectivity index (χ1n) is 7.33. The van der Waals surface area contributed by atoms with Crippen LogP contribution in [-0.2, 0) is 19.1 Å². The molecule has 20 heavy (non-hydrogen) atoms. The van der Waals surface area contributed by atoms with Gasteiger partial charge in [0.2, 0.25) is 0 Å². The average Bonchev–Trinajstić information content (AvgIpc) is 2.29. The molecule has 0 N–H and O–H groups in total. The van der Waals surface area contributed by atoms with E-state index in [0.717, 1.165) is 0 Å². The maximum absolute atomic E-state index is 12.3. The summed E-state index contributed by atoms with van der Waals surface area (Å²) in [5.41, 5.74) is 0. The van der Waals surface area contributed by atoms with Crippen LogP contribution in [0, 0.1) is 23.7 Å². The fourth-order valence-electron chi connectivity index (χ4n) is 2.59. The summed E-state index contributed by atoms with van der Waals surface area (Å²) in [5.74, 6) is -1.61. The van der Waals surface area contributed by atoms with Crippen molar-refractivity contribution in [2.45, 2.75) is 53.8 Å². The minimum atomic E-state index is -0.469. The SMILES string of the molecule is CC(C)OC(=O)C1C(C)C=CC(C)C1C(=O)OC(C)C. The average molecular weight is 282 g/mol. The van der Waals surface area contributed by atoms with Gasteiger partial charge in [0, 0.05) is 0 Å². The molecule has 0 heterocycles. The molecule has 0 aliphatic heterocycles. The van der Waals surface area contributed by atoms with Gasteiger partial charge in [-0.1, -0.05) is 26.0 Å². The van der Waals surface area contributed by atoms with Gasteiger partial charge in [-0.25, -0.2) is 0 Å². The molecule has 0 aromatic rings. The van der Waals surface area contributed by atoms with Gasteiger partial charge in [0.05, 0.1) is 24.0 Å². The quantitative estimate of drug-likeness (QED) is 0.587. The number of esters is 2. The second kappa shape index (κ2) is 6.91. The van der Waals surface area contributed by atoms with Crippen molar-refractivity contribution >= 4 is 11.9 Å². The van der Waals surface area contributed by atoms with E-state index in [1.165, 1.54) is 0 Å². The van der Waals surface area contributed by atoms with E-state index < -0.39 is 11.8 Å². The summed E-state index contributed by atoms with van der Waals surface area (Å²) in [6.45, 7) is 11.1. The first kappa shape index (κ1) is 16.7. The zero-order chi connectivity index (χ0) is 15.4. The Bertz CT molecular complexity index is 348. The number of ether oxygens (including phenoxy) is 2. The maximum Gasteiger partial charge on any atom is 0.310 e. The highest BCUT2D eigenvalue weighted by Gasteiger charge is 2.44. The number of carbonyl (C=O) groups excluding carboxylic acids is 2. The summed E-state index contributed by atoms with van der Waals surface area (Å²) >= 11 is 0. The van der Waals surface area contributed by atoms with Crippen LogP contribution in [0.3, 0.4) is 0 Å². The smallest absolute Gasteiger partial charge is 0.310 e. The van der Waals surface area contributed by atoms with Gasteiger partial charge in [0.1, 0.15) is 0 Å². The van der Waals surface area contributed by atoms with Crippen LogP contribution in [0.4, 0.5) is 0 Å². The van der Waals surface area contributed by atoms with Crippen LogP contribution in [0.2, 0.25) is 0 Å². The van der Waals surface area contributed by atoms with Crippen molar-refractivity contribution in [3.8, 4) is 0 Å². The molecule has 1 rings (SSSR count). The number of carbonyl (C=O) groups is 2. The number of rotatable bonds is 4. The molecule has 4 atom stereocenters. The molecule has 0 radical (unpaired) electrons. The lowest BCUT2D eigenvalue weighted by Gasteiger charge is -2.34. The van der Waals surface area contributed by atoms with Crippen LogP contribution >= 0.6 is 0 Å². The molecule has 4 unspecified atom stereocenters. The van der Waals surface area contributed by atoms with Crippen molar-refractivity contribution in [1.29, 1.82) is 0 Å². The minimum absolute atomic E-state index is 0.0258. The number of hydrogen-bond donors (Lipinski definition) is 0. The van der Waals surface area contributed by atoms with Crippen LogP contribution in [0.5, 0.6) is 0 Å². The highest BCUT2D eigenvalue weighted by Crippen LogP contribution is 2.36. The minimum Gasteiger partial charge on any atom is -0.463 e. The monoisotopic (exact) mass is 282 g/mol. The van der Waals surface area contributed by atoms with Gasteiger partial charge in [-0.3, -0.25) is 9.59 Å². The molecule has 114 valence electrons. The summed E-state index contributed by atoms with van der Waals surface area (Å²) in [5, 5.41) is 0. The lowest BCUT2D eigenvalue weighted by molar-refractivity contribution is -0.168. The van der Waals surface area contributed by atoms with E-state index in [4.69, 9.17) is 9.47 Å². The lowest BCUT2D eigenvalue weighted by atomic mass is 9.71. The molecule has 0 aromatic carbocycles. The third-order valence-electron chi connectivity index (χ3n) is 3.49. The van der Waals surface area contributed by atoms with Crippen molar-refractivity contribution in [2.24, 2.45) is 23.7 Å².